The Labute approximate surface area is 417 Å². The van der Waals surface area contributed by atoms with Crippen LogP contribution in [0.15, 0.2) is 24.3 Å². The Bertz CT molecular complexity index is 1140. The number of carbonyl (C=O) groups excluding carboxylic acids is 1. The Morgan fingerprint density at radius 2 is 0.821 bits per heavy atom. The lowest BCUT2D eigenvalue weighted by molar-refractivity contribution is -0.870. The van der Waals surface area contributed by atoms with Gasteiger partial charge in [-0.05, 0) is 44.9 Å². The molecule has 0 aliphatic heterocycles. The van der Waals surface area contributed by atoms with Crippen molar-refractivity contribution in [2.45, 2.75) is 302 Å². The van der Waals surface area contributed by atoms with Crippen molar-refractivity contribution in [2.24, 2.45) is 0 Å². The third kappa shape index (κ3) is 52.6. The van der Waals surface area contributed by atoms with Gasteiger partial charge in [-0.25, -0.2) is 0 Å². The number of aliphatic hydroxyl groups is 1. The molecule has 2 N–H and O–H groups in total. The highest BCUT2D eigenvalue weighted by Crippen LogP contribution is 2.38. The fourth-order valence-electron chi connectivity index (χ4n) is 8.80. The Hall–Kier alpha value is -1.02. The number of likely N-dealkylation sites (N-methyl/N-ethyl adjacent to an activating group) is 1. The van der Waals surface area contributed by atoms with Gasteiger partial charge in [0.05, 0.1) is 39.9 Å². The highest BCUT2D eigenvalue weighted by Gasteiger charge is 2.23. The van der Waals surface area contributed by atoms with E-state index in [1.165, 1.54) is 231 Å². The molecule has 67 heavy (non-hydrogen) atoms. The van der Waals surface area contributed by atoms with Crippen LogP contribution in [0.5, 0.6) is 0 Å². The van der Waals surface area contributed by atoms with Crippen LogP contribution < -0.4 is 10.2 Å². The fraction of sp³-hybridized carbons (Fsp3) is 0.914. The molecule has 3 unspecified atom stereocenters. The van der Waals surface area contributed by atoms with E-state index in [1.807, 2.05) is 27.2 Å². The molecule has 0 bridgehead atoms. The van der Waals surface area contributed by atoms with Crippen LogP contribution in [0.25, 0.3) is 0 Å². The average molecular weight is 968 g/mol. The van der Waals surface area contributed by atoms with Crippen LogP contribution in [0, 0.1) is 0 Å². The summed E-state index contributed by atoms with van der Waals surface area (Å²) in [4.78, 5) is 25.5. The van der Waals surface area contributed by atoms with E-state index >= 15 is 0 Å². The van der Waals surface area contributed by atoms with Gasteiger partial charge >= 0.3 is 0 Å². The zero-order chi connectivity index (χ0) is 49.2. The van der Waals surface area contributed by atoms with E-state index in [9.17, 15) is 19.4 Å². The summed E-state index contributed by atoms with van der Waals surface area (Å²) in [6, 6.07) is -0.886. The average Bonchev–Trinajstić information content (AvgIpc) is 3.29. The molecule has 398 valence electrons. The number of rotatable bonds is 54. The monoisotopic (exact) mass is 967 g/mol. The Balaban J connectivity index is 4.20. The first kappa shape index (κ1) is 66.0. The van der Waals surface area contributed by atoms with Gasteiger partial charge in [-0.1, -0.05) is 263 Å². The Morgan fingerprint density at radius 1 is 0.507 bits per heavy atom. The summed E-state index contributed by atoms with van der Waals surface area (Å²) in [5, 5.41) is 13.9. The van der Waals surface area contributed by atoms with Crippen molar-refractivity contribution in [1.29, 1.82) is 0 Å². The van der Waals surface area contributed by atoms with E-state index < -0.39 is 20.0 Å². The molecule has 0 heterocycles. The molecule has 0 saturated carbocycles. The highest BCUT2D eigenvalue weighted by molar-refractivity contribution is 7.45. The lowest BCUT2D eigenvalue weighted by Crippen LogP contribution is -2.45. The predicted molar refractivity (Wildman–Crippen MR) is 289 cm³/mol. The third-order valence-electron chi connectivity index (χ3n) is 13.4. The molecule has 1 amide bonds. The van der Waals surface area contributed by atoms with Gasteiger partial charge in [0, 0.05) is 6.42 Å². The number of nitrogens with one attached hydrogen (secondary N) is 1. The molecule has 0 aromatic heterocycles. The summed E-state index contributed by atoms with van der Waals surface area (Å²) in [7, 11) is 1.27. The van der Waals surface area contributed by atoms with Crippen LogP contribution in [0.3, 0.4) is 0 Å². The molecule has 3 atom stereocenters. The molecule has 0 aromatic carbocycles. The molecule has 0 fully saturated rings. The van der Waals surface area contributed by atoms with Crippen molar-refractivity contribution in [3.8, 4) is 0 Å². The quantitative estimate of drug-likeness (QED) is 0.0272. The van der Waals surface area contributed by atoms with Crippen molar-refractivity contribution < 1.29 is 32.9 Å². The van der Waals surface area contributed by atoms with Crippen molar-refractivity contribution in [3.05, 3.63) is 24.3 Å². The van der Waals surface area contributed by atoms with Crippen LogP contribution in [0.1, 0.15) is 290 Å². The van der Waals surface area contributed by atoms with E-state index in [0.717, 1.165) is 38.5 Å². The van der Waals surface area contributed by atoms with Gasteiger partial charge in [0.15, 0.2) is 0 Å². The summed E-state index contributed by atoms with van der Waals surface area (Å²) >= 11 is 0. The zero-order valence-electron chi connectivity index (χ0n) is 45.4. The van der Waals surface area contributed by atoms with Gasteiger partial charge in [-0.2, -0.15) is 0 Å². The number of unbranched alkanes of at least 4 members (excludes halogenated alkanes) is 39. The summed E-state index contributed by atoms with van der Waals surface area (Å²) < 4.78 is 23.4. The fourth-order valence-corrected chi connectivity index (χ4v) is 9.52. The maximum Gasteiger partial charge on any atom is 0.268 e. The van der Waals surface area contributed by atoms with Gasteiger partial charge in [0.1, 0.15) is 13.2 Å². The standard InChI is InChI=1S/C58H115N2O6P/c1-6-8-10-12-14-16-18-20-22-24-26-28-29-30-32-33-35-37-39-41-43-45-47-49-51-57(61)56(55-66-67(63,64)65-54-53-60(3,4)5)59-58(62)52-50-48-46-44-42-40-38-36-34-31-27-25-23-21-19-17-15-13-11-9-7-2/h25,27,49,51,56-57,61H,6-24,26,28-48,50,52-55H2,1-5H3,(H-,59,62,63,64)/b27-25-,51-49+. The minimum absolute atomic E-state index is 0.000367. The molecule has 9 heteroatoms. The predicted octanol–water partition coefficient (Wildman–Crippen LogP) is 17.0. The Morgan fingerprint density at radius 3 is 1.16 bits per heavy atom. The van der Waals surface area contributed by atoms with E-state index in [4.69, 9.17) is 9.05 Å². The second-order valence-corrected chi connectivity index (χ2v) is 22.8. The zero-order valence-corrected chi connectivity index (χ0v) is 46.3. The van der Waals surface area contributed by atoms with Gasteiger partial charge < -0.3 is 28.8 Å². The van der Waals surface area contributed by atoms with E-state index in [-0.39, 0.29) is 19.1 Å². The number of nitrogens with zero attached hydrogens (tertiary/aromatic N) is 1. The summed E-state index contributed by atoms with van der Waals surface area (Å²) in [6.45, 7) is 4.69. The number of quaternary nitrogens is 1. The van der Waals surface area contributed by atoms with E-state index in [0.29, 0.717) is 17.4 Å². The van der Waals surface area contributed by atoms with Gasteiger partial charge in [-0.3, -0.25) is 9.36 Å². The molecular formula is C58H115N2O6P. The van der Waals surface area contributed by atoms with E-state index in [1.54, 1.807) is 6.08 Å². The van der Waals surface area contributed by atoms with Crippen molar-refractivity contribution in [2.75, 3.05) is 40.9 Å². The van der Waals surface area contributed by atoms with Crippen LogP contribution in [0.4, 0.5) is 0 Å². The maximum absolute atomic E-state index is 13.0. The second-order valence-electron chi connectivity index (χ2n) is 21.4. The summed E-state index contributed by atoms with van der Waals surface area (Å²) in [6.07, 6.45) is 62.5. The number of amides is 1. The third-order valence-corrected chi connectivity index (χ3v) is 14.4. The molecule has 0 aromatic rings. The van der Waals surface area contributed by atoms with Crippen molar-refractivity contribution >= 4 is 13.7 Å². The first-order chi connectivity index (χ1) is 32.5. The first-order valence-electron chi connectivity index (χ1n) is 29.2. The van der Waals surface area contributed by atoms with Crippen LogP contribution in [-0.4, -0.2) is 68.5 Å². The highest BCUT2D eigenvalue weighted by atomic mass is 31.2. The van der Waals surface area contributed by atoms with Crippen LogP contribution in [-0.2, 0) is 18.4 Å². The topological polar surface area (TPSA) is 108 Å². The maximum atomic E-state index is 13.0. The number of hydrogen-bond donors (Lipinski definition) is 2. The normalized spacial score (nSPS) is 14.1. The molecule has 0 aliphatic rings. The molecule has 8 nitrogen and oxygen atoms in total. The minimum Gasteiger partial charge on any atom is -0.756 e. The lowest BCUT2D eigenvalue weighted by Gasteiger charge is -2.29. The SMILES string of the molecule is CCCCCCCCCC/C=C\CCCCCCCCCCCC(=O)NC(COP(=O)([O-])OCC[N+](C)(C)C)C(O)/C=C/CCCCCCCCCCCCCCCCCCCCCCCC. The molecule has 0 spiro atoms. The number of phosphoric acid groups is 1. The van der Waals surface area contributed by atoms with E-state index in [2.05, 4.69) is 31.3 Å². The molecule has 0 rings (SSSR count). The van der Waals surface area contributed by atoms with Gasteiger partial charge in [0.25, 0.3) is 7.82 Å². The smallest absolute Gasteiger partial charge is 0.268 e. The van der Waals surface area contributed by atoms with Crippen LogP contribution >= 0.6 is 7.82 Å². The first-order valence-corrected chi connectivity index (χ1v) is 30.7. The number of hydrogen-bond acceptors (Lipinski definition) is 6. The summed E-state index contributed by atoms with van der Waals surface area (Å²) in [5.74, 6) is -0.195. The molecule has 0 saturated heterocycles. The largest absolute Gasteiger partial charge is 0.756 e. The van der Waals surface area contributed by atoms with Crippen molar-refractivity contribution in [3.63, 3.8) is 0 Å². The van der Waals surface area contributed by atoms with Gasteiger partial charge in [-0.15, -0.1) is 0 Å². The minimum atomic E-state index is -4.60. The molecule has 0 radical (unpaired) electrons. The number of carbonyl (C=O) groups is 1. The second kappa shape index (κ2) is 49.9. The lowest BCUT2D eigenvalue weighted by atomic mass is 10.0. The summed E-state index contributed by atoms with van der Waals surface area (Å²) in [5.41, 5.74) is 0. The number of aliphatic hydroxyl groups excluding tert-OH is 1. The van der Waals surface area contributed by atoms with Crippen molar-refractivity contribution in [1.82, 2.24) is 5.32 Å². The Kier molecular flexibility index (Phi) is 49.2. The molecule has 0 aliphatic carbocycles. The molecular weight excluding hydrogens is 852 g/mol. The van der Waals surface area contributed by atoms with Crippen LogP contribution in [0.2, 0.25) is 0 Å². The number of allylic oxidation sites excluding steroid dienone is 3. The number of phosphoric ester groups is 1. The van der Waals surface area contributed by atoms with Gasteiger partial charge in [0.2, 0.25) is 5.91 Å².